The van der Waals surface area contributed by atoms with Crippen molar-refractivity contribution in [3.05, 3.63) is 71.8 Å². The highest BCUT2D eigenvalue weighted by atomic mass is 16.5. The molecule has 2 fully saturated rings. The van der Waals surface area contributed by atoms with Crippen LogP contribution in [0.15, 0.2) is 60.7 Å². The number of carbonyl (C=O) groups is 12. The average Bonchev–Trinajstić information content (AvgIpc) is 0.804. The molecule has 2 aliphatic heterocycles. The van der Waals surface area contributed by atoms with E-state index in [1.807, 2.05) is 75.3 Å². The monoisotopic (exact) mass is 1450 g/mol. The lowest BCUT2D eigenvalue weighted by molar-refractivity contribution is -0.152. The van der Waals surface area contributed by atoms with Crippen LogP contribution in [-0.2, 0) is 75.1 Å². The third kappa shape index (κ3) is 26.0. The minimum Gasteiger partial charge on any atom is -0.391 e. The fourth-order valence-electron chi connectivity index (χ4n) is 13.4. The second-order valence-electron chi connectivity index (χ2n) is 30.5. The molecule has 582 valence electrons. The van der Waals surface area contributed by atoms with E-state index in [-0.39, 0.29) is 94.8 Å². The van der Waals surface area contributed by atoms with Gasteiger partial charge in [-0.1, -0.05) is 143 Å². The fraction of sp³-hybridized carbons (Fsp3) is 0.692. The van der Waals surface area contributed by atoms with Gasteiger partial charge in [-0.15, -0.1) is 0 Å². The number of piperidine rings is 1. The molecule has 26 nitrogen and oxygen atoms in total. The van der Waals surface area contributed by atoms with E-state index in [1.165, 1.54) is 80.8 Å². The van der Waals surface area contributed by atoms with Crippen LogP contribution in [0.25, 0.3) is 0 Å². The zero-order valence-electron chi connectivity index (χ0n) is 65.8. The molecule has 0 aliphatic carbocycles. The maximum Gasteiger partial charge on any atom is 0.248 e. The molecule has 0 radical (unpaired) electrons. The summed E-state index contributed by atoms with van der Waals surface area (Å²) >= 11 is 0. The number of carbonyl (C=O) groups excluding carboxylic acids is 12. The Morgan fingerprint density at radius 2 is 0.875 bits per heavy atom. The highest BCUT2D eigenvalue weighted by Gasteiger charge is 2.45. The Morgan fingerprint density at radius 3 is 1.37 bits per heavy atom. The van der Waals surface area contributed by atoms with E-state index in [9.17, 15) is 29.1 Å². The molecule has 2 saturated heterocycles. The first-order valence-corrected chi connectivity index (χ1v) is 37.6. The quantitative estimate of drug-likeness (QED) is 0.108. The van der Waals surface area contributed by atoms with Gasteiger partial charge in [-0.3, -0.25) is 57.5 Å². The smallest absolute Gasteiger partial charge is 0.248 e. The van der Waals surface area contributed by atoms with Crippen molar-refractivity contribution in [1.29, 1.82) is 0 Å². The number of rotatable bonds is 20. The number of aliphatic hydroxyl groups is 1. The molecule has 26 heteroatoms. The number of benzene rings is 2. The van der Waals surface area contributed by atoms with Gasteiger partial charge >= 0.3 is 0 Å². The lowest BCUT2D eigenvalue weighted by Gasteiger charge is -2.38. The SMILES string of the molecule is CCCOC[C@@H]1NC(=O)[C@H](Cc2ccccc2)N(C)C(=O)[C@H](Cc2ccccc2)N(C)C(=O)[C@H]([C@@H](C)CC)NC(=O)[C@H](CC(C)C)N(C)C(=O)CCCN(C)C(=O)C[C@@H](C(=O)N2CCCCC2)NC(=O)[C@H](CC(C)C)N(C)C(=O)[C@H](CC(C)C)N(C)C(=O)[C@H]([C@@H](C)O)NC(=O)[C@H](CC(C)C)N(C)C1=O. The highest BCUT2D eigenvalue weighted by molar-refractivity contribution is 6.00. The topological polar surface area (TPSA) is 308 Å². The summed E-state index contributed by atoms with van der Waals surface area (Å²) in [7, 11) is 10.2. The third-order valence-electron chi connectivity index (χ3n) is 20.1. The van der Waals surface area contributed by atoms with Crippen LogP contribution in [0.2, 0.25) is 0 Å². The molecule has 2 heterocycles. The first kappa shape index (κ1) is 88.4. The van der Waals surface area contributed by atoms with Crippen LogP contribution in [0.5, 0.6) is 0 Å². The van der Waals surface area contributed by atoms with Gasteiger partial charge in [0.25, 0.3) is 0 Å². The summed E-state index contributed by atoms with van der Waals surface area (Å²) in [6.45, 7) is 22.4. The lowest BCUT2D eigenvalue weighted by Crippen LogP contribution is -2.63. The molecule has 12 amide bonds. The molecule has 0 saturated carbocycles. The number of likely N-dealkylation sites (N-methyl/N-ethyl adjacent to an activating group) is 6. The van der Waals surface area contributed by atoms with E-state index in [0.29, 0.717) is 49.9 Å². The second-order valence-corrected chi connectivity index (χ2v) is 30.5. The molecule has 2 aromatic rings. The number of hydrogen-bond acceptors (Lipinski definition) is 14. The summed E-state index contributed by atoms with van der Waals surface area (Å²) in [5.74, 6) is -9.23. The molecular formula is C78H126N12O14. The van der Waals surface area contributed by atoms with Gasteiger partial charge in [0.1, 0.15) is 60.4 Å². The summed E-state index contributed by atoms with van der Waals surface area (Å²) in [4.78, 5) is 191. The van der Waals surface area contributed by atoms with Gasteiger partial charge in [-0.05, 0) is 105 Å². The maximum atomic E-state index is 15.7. The Balaban J connectivity index is 1.97. The molecule has 12 atom stereocenters. The zero-order chi connectivity index (χ0) is 78.0. The number of likely N-dealkylation sites (tertiary alicyclic amines) is 1. The average molecular weight is 1460 g/mol. The lowest BCUT2D eigenvalue weighted by atomic mass is 9.94. The predicted octanol–water partition coefficient (Wildman–Crippen LogP) is 5.07. The number of ether oxygens (including phenoxy) is 1. The number of nitrogens with zero attached hydrogens (tertiary/aromatic N) is 8. The molecule has 4 rings (SSSR count). The van der Waals surface area contributed by atoms with Crippen LogP contribution < -0.4 is 21.3 Å². The predicted molar refractivity (Wildman–Crippen MR) is 399 cm³/mol. The van der Waals surface area contributed by atoms with Crippen LogP contribution in [0.1, 0.15) is 171 Å². The molecule has 0 spiro atoms. The molecular weight excluding hydrogens is 1330 g/mol. The Hall–Kier alpha value is -8.00. The van der Waals surface area contributed by atoms with Crippen LogP contribution >= 0.6 is 0 Å². The molecule has 5 N–H and O–H groups in total. The molecule has 0 bridgehead atoms. The Bertz CT molecular complexity index is 3150. The summed E-state index contributed by atoms with van der Waals surface area (Å²) in [5.41, 5.74) is 1.32. The van der Waals surface area contributed by atoms with E-state index >= 15 is 33.6 Å². The molecule has 2 aromatic carbocycles. The van der Waals surface area contributed by atoms with Crippen molar-refractivity contribution in [2.24, 2.45) is 29.6 Å². The summed E-state index contributed by atoms with van der Waals surface area (Å²) in [5, 5.41) is 23.0. The minimum atomic E-state index is -1.69. The van der Waals surface area contributed by atoms with Crippen molar-refractivity contribution in [2.45, 2.75) is 239 Å². The van der Waals surface area contributed by atoms with Crippen molar-refractivity contribution in [2.75, 3.05) is 82.2 Å². The first-order chi connectivity index (χ1) is 49.0. The van der Waals surface area contributed by atoms with Gasteiger partial charge in [0.15, 0.2) is 0 Å². The largest absolute Gasteiger partial charge is 0.391 e. The van der Waals surface area contributed by atoms with Crippen molar-refractivity contribution in [1.82, 2.24) is 60.5 Å². The zero-order valence-corrected chi connectivity index (χ0v) is 65.8. The second kappa shape index (κ2) is 42.8. The van der Waals surface area contributed by atoms with Gasteiger partial charge in [0.2, 0.25) is 70.9 Å². The fourth-order valence-corrected chi connectivity index (χ4v) is 13.4. The first-order valence-electron chi connectivity index (χ1n) is 37.6. The third-order valence-corrected chi connectivity index (χ3v) is 20.1. The van der Waals surface area contributed by atoms with Gasteiger partial charge in [-0.2, -0.15) is 0 Å². The summed E-state index contributed by atoms with van der Waals surface area (Å²) < 4.78 is 6.01. The Labute approximate surface area is 619 Å². The van der Waals surface area contributed by atoms with Gasteiger partial charge in [-0.25, -0.2) is 0 Å². The van der Waals surface area contributed by atoms with Crippen LogP contribution in [0.4, 0.5) is 0 Å². The number of hydrogen-bond donors (Lipinski definition) is 5. The maximum absolute atomic E-state index is 15.7. The normalized spacial score (nSPS) is 25.1. The van der Waals surface area contributed by atoms with Gasteiger partial charge in [0, 0.05) is 94.8 Å². The Kier molecular flexibility index (Phi) is 36.4. The van der Waals surface area contributed by atoms with E-state index in [0.717, 1.165) is 16.2 Å². The van der Waals surface area contributed by atoms with Crippen molar-refractivity contribution in [3.8, 4) is 0 Å². The van der Waals surface area contributed by atoms with Crippen LogP contribution in [0.3, 0.4) is 0 Å². The number of amides is 12. The standard InChI is InChI=1S/C78H126N12O14/c1-20-40-104-48-58-73(98)85(15)61(43-51(7)8)72(97)82-68(54(12)91)78(103)88(18)63(44-52(9)10)75(100)86(16)60(42-50(5)6)69(94)79-57(74(99)90-38-29-24-30-39-90)47-66(93)83(13)37-31-36-65(92)84(14)59(41-49(3)4)71(96)81-67(53(11)21-2)77(102)89(19)64(46-56-34-27-23-28-35-56)76(101)87(17)62(70(95)80-58)45-55-32-25-22-26-33-55/h22-23,25-28,32-35,49-54,57-64,67-68,91H,20-21,24,29-31,36-48H2,1-19H3,(H,79,94)(H,80,95)(H,81,96)(H,82,97)/t53-,54+,57-,58-,59-,60-,61-,62-,63-,64-,67-,68-/m0/s1. The molecule has 104 heavy (non-hydrogen) atoms. The molecule has 2 aliphatic rings. The van der Waals surface area contributed by atoms with Gasteiger partial charge in [0.05, 0.1) is 19.1 Å². The van der Waals surface area contributed by atoms with E-state index < -0.39 is 150 Å². The van der Waals surface area contributed by atoms with E-state index in [2.05, 4.69) is 21.3 Å². The van der Waals surface area contributed by atoms with Crippen molar-refractivity contribution >= 4 is 70.9 Å². The molecule has 0 unspecified atom stereocenters. The minimum absolute atomic E-state index is 0.0226. The van der Waals surface area contributed by atoms with E-state index in [1.54, 1.807) is 66.4 Å². The Morgan fingerprint density at radius 1 is 0.462 bits per heavy atom. The molecule has 0 aromatic heterocycles. The van der Waals surface area contributed by atoms with Crippen molar-refractivity contribution < 1.29 is 67.4 Å². The highest BCUT2D eigenvalue weighted by Crippen LogP contribution is 2.25. The summed E-state index contributed by atoms with van der Waals surface area (Å²) in [6, 6.07) is 4.61. The van der Waals surface area contributed by atoms with Crippen LogP contribution in [0, 0.1) is 29.6 Å². The van der Waals surface area contributed by atoms with Crippen molar-refractivity contribution in [3.63, 3.8) is 0 Å². The van der Waals surface area contributed by atoms with E-state index in [4.69, 9.17) is 4.74 Å². The van der Waals surface area contributed by atoms with Gasteiger partial charge < -0.3 is 70.3 Å². The van der Waals surface area contributed by atoms with Crippen LogP contribution in [-0.4, -0.2) is 264 Å². The number of aliphatic hydroxyl groups excluding tert-OH is 1. The number of nitrogens with one attached hydrogen (secondary N) is 4. The summed E-state index contributed by atoms with van der Waals surface area (Å²) in [6.07, 6.45) is 1.54.